The lowest BCUT2D eigenvalue weighted by Gasteiger charge is -2.33. The smallest absolute Gasteiger partial charge is 0.307 e. The van der Waals surface area contributed by atoms with Crippen LogP contribution < -0.4 is 10.2 Å². The molecular formula is C18H21N3O. The van der Waals surface area contributed by atoms with E-state index in [0.717, 1.165) is 24.3 Å². The average Bonchev–Trinajstić information content (AvgIpc) is 2.58. The molecule has 0 atom stereocenters. The molecule has 1 aromatic carbocycles. The molecule has 0 aliphatic heterocycles. The highest BCUT2D eigenvalue weighted by Crippen LogP contribution is 2.27. The summed E-state index contributed by atoms with van der Waals surface area (Å²) in [5, 5.41) is 2.98. The Labute approximate surface area is 131 Å². The van der Waals surface area contributed by atoms with Crippen LogP contribution in [0, 0.1) is 0 Å². The quantitative estimate of drug-likeness (QED) is 0.909. The number of carbonyl (C=O) groups excluding carboxylic acids is 1. The number of carbonyl (C=O) groups is 1. The van der Waals surface area contributed by atoms with E-state index >= 15 is 0 Å². The van der Waals surface area contributed by atoms with Crippen LogP contribution in [0.15, 0.2) is 54.7 Å². The van der Waals surface area contributed by atoms with Crippen LogP contribution >= 0.6 is 0 Å². The lowest BCUT2D eigenvalue weighted by Crippen LogP contribution is -2.44. The molecule has 1 heterocycles. The highest BCUT2D eigenvalue weighted by Gasteiger charge is 2.27. The van der Waals surface area contributed by atoms with Gasteiger partial charge in [-0.05, 0) is 37.1 Å². The number of nitrogens with one attached hydrogen (secondary N) is 1. The van der Waals surface area contributed by atoms with Gasteiger partial charge < -0.3 is 5.32 Å². The van der Waals surface area contributed by atoms with E-state index in [1.54, 1.807) is 6.20 Å². The summed E-state index contributed by atoms with van der Waals surface area (Å²) < 4.78 is 0. The van der Waals surface area contributed by atoms with Crippen LogP contribution in [0.5, 0.6) is 0 Å². The van der Waals surface area contributed by atoms with Crippen molar-refractivity contribution in [3.05, 3.63) is 54.7 Å². The molecule has 2 amide bonds. The molecule has 0 radical (unpaired) electrons. The summed E-state index contributed by atoms with van der Waals surface area (Å²) >= 11 is 0. The fourth-order valence-electron chi connectivity index (χ4n) is 3.00. The van der Waals surface area contributed by atoms with Crippen LogP contribution in [0.4, 0.5) is 16.3 Å². The maximum absolute atomic E-state index is 12.8. The van der Waals surface area contributed by atoms with Gasteiger partial charge in [-0.2, -0.15) is 0 Å². The van der Waals surface area contributed by atoms with Crippen LogP contribution in [0.25, 0.3) is 0 Å². The summed E-state index contributed by atoms with van der Waals surface area (Å²) in [6.07, 6.45) is 7.42. The van der Waals surface area contributed by atoms with Crippen molar-refractivity contribution in [2.24, 2.45) is 0 Å². The van der Waals surface area contributed by atoms with E-state index < -0.39 is 0 Å². The van der Waals surface area contributed by atoms with Crippen LogP contribution in [0.3, 0.4) is 0 Å². The van der Waals surface area contributed by atoms with Gasteiger partial charge in [0.1, 0.15) is 5.82 Å². The Balaban J connectivity index is 1.82. The third-order valence-corrected chi connectivity index (χ3v) is 4.08. The zero-order valence-electron chi connectivity index (χ0n) is 12.6. The molecule has 0 spiro atoms. The molecule has 1 N–H and O–H groups in total. The number of hydrogen-bond donors (Lipinski definition) is 1. The molecule has 1 aliphatic carbocycles. The van der Waals surface area contributed by atoms with Crippen molar-refractivity contribution in [2.75, 3.05) is 10.2 Å². The van der Waals surface area contributed by atoms with Crippen LogP contribution in [-0.4, -0.2) is 17.1 Å². The van der Waals surface area contributed by atoms with Crippen LogP contribution in [0.1, 0.15) is 32.1 Å². The zero-order valence-corrected chi connectivity index (χ0v) is 12.6. The van der Waals surface area contributed by atoms with Crippen LogP contribution in [-0.2, 0) is 0 Å². The van der Waals surface area contributed by atoms with Gasteiger partial charge >= 0.3 is 6.03 Å². The second-order valence-corrected chi connectivity index (χ2v) is 5.65. The predicted octanol–water partition coefficient (Wildman–Crippen LogP) is 4.45. The Hall–Kier alpha value is -2.36. The first-order chi connectivity index (χ1) is 10.8. The maximum Gasteiger partial charge on any atom is 0.327 e. The molecule has 0 unspecified atom stereocenters. The number of benzene rings is 1. The Morgan fingerprint density at radius 3 is 2.41 bits per heavy atom. The van der Waals surface area contributed by atoms with Crippen LogP contribution in [0.2, 0.25) is 0 Å². The summed E-state index contributed by atoms with van der Waals surface area (Å²) in [6, 6.07) is 15.4. The summed E-state index contributed by atoms with van der Waals surface area (Å²) in [7, 11) is 0. The van der Waals surface area contributed by atoms with Gasteiger partial charge in [0.25, 0.3) is 0 Å². The van der Waals surface area contributed by atoms with Crippen molar-refractivity contribution < 1.29 is 4.79 Å². The van der Waals surface area contributed by atoms with Crippen molar-refractivity contribution in [1.29, 1.82) is 0 Å². The molecule has 22 heavy (non-hydrogen) atoms. The normalized spacial score (nSPS) is 15.3. The number of amides is 2. The SMILES string of the molecule is O=C(Nc1ccccc1)N(c1ccccn1)C1CCCCC1. The fraction of sp³-hybridized carbons (Fsp3) is 0.333. The van der Waals surface area contributed by atoms with Gasteiger partial charge in [-0.1, -0.05) is 43.5 Å². The van der Waals surface area contributed by atoms with Crippen molar-refractivity contribution >= 4 is 17.5 Å². The summed E-state index contributed by atoms with van der Waals surface area (Å²) in [6.45, 7) is 0. The van der Waals surface area contributed by atoms with Crippen molar-refractivity contribution in [1.82, 2.24) is 4.98 Å². The minimum Gasteiger partial charge on any atom is -0.307 e. The molecule has 0 saturated heterocycles. The second-order valence-electron chi connectivity index (χ2n) is 5.65. The number of rotatable bonds is 3. The molecular weight excluding hydrogens is 274 g/mol. The first-order valence-electron chi connectivity index (χ1n) is 7.91. The maximum atomic E-state index is 12.8. The Kier molecular flexibility index (Phi) is 4.68. The van der Waals surface area contributed by atoms with E-state index in [4.69, 9.17) is 0 Å². The third kappa shape index (κ3) is 3.45. The Morgan fingerprint density at radius 2 is 1.73 bits per heavy atom. The number of nitrogens with zero attached hydrogens (tertiary/aromatic N) is 2. The zero-order chi connectivity index (χ0) is 15.2. The first-order valence-corrected chi connectivity index (χ1v) is 7.91. The molecule has 1 saturated carbocycles. The number of hydrogen-bond acceptors (Lipinski definition) is 2. The van der Waals surface area contributed by atoms with E-state index in [1.807, 2.05) is 53.4 Å². The van der Waals surface area contributed by atoms with Crippen molar-refractivity contribution in [2.45, 2.75) is 38.1 Å². The standard InChI is InChI=1S/C18H21N3O/c22-18(20-15-9-3-1-4-10-15)21(16-11-5-2-6-12-16)17-13-7-8-14-19-17/h1,3-4,7-10,13-14,16H,2,5-6,11-12H2,(H,20,22). The van der Waals surface area contributed by atoms with E-state index in [9.17, 15) is 4.79 Å². The Bertz CT molecular complexity index is 594. The van der Waals surface area contributed by atoms with Gasteiger partial charge in [-0.3, -0.25) is 4.90 Å². The summed E-state index contributed by atoms with van der Waals surface area (Å²) in [5.41, 5.74) is 0.809. The molecule has 4 heteroatoms. The monoisotopic (exact) mass is 295 g/mol. The number of pyridine rings is 1. The third-order valence-electron chi connectivity index (χ3n) is 4.08. The second kappa shape index (κ2) is 7.07. The Morgan fingerprint density at radius 1 is 1.00 bits per heavy atom. The van der Waals surface area contributed by atoms with Gasteiger partial charge in [0.15, 0.2) is 0 Å². The molecule has 4 nitrogen and oxygen atoms in total. The van der Waals surface area contributed by atoms with Gasteiger partial charge in [0.05, 0.1) is 0 Å². The summed E-state index contributed by atoms with van der Waals surface area (Å²) in [5.74, 6) is 0.725. The molecule has 3 rings (SSSR count). The number of para-hydroxylation sites is 1. The van der Waals surface area contributed by atoms with E-state index in [2.05, 4.69) is 10.3 Å². The lowest BCUT2D eigenvalue weighted by molar-refractivity contribution is 0.252. The minimum absolute atomic E-state index is 0.100. The number of anilines is 2. The molecule has 2 aromatic rings. The minimum atomic E-state index is -0.100. The fourth-order valence-corrected chi connectivity index (χ4v) is 3.00. The highest BCUT2D eigenvalue weighted by atomic mass is 16.2. The van der Waals surface area contributed by atoms with Crippen molar-refractivity contribution in [3.63, 3.8) is 0 Å². The molecule has 0 bridgehead atoms. The van der Waals surface area contributed by atoms with Crippen molar-refractivity contribution in [3.8, 4) is 0 Å². The topological polar surface area (TPSA) is 45.2 Å². The largest absolute Gasteiger partial charge is 0.327 e. The number of urea groups is 1. The first kappa shape index (κ1) is 14.6. The van der Waals surface area contributed by atoms with Gasteiger partial charge in [0, 0.05) is 17.9 Å². The van der Waals surface area contributed by atoms with Gasteiger partial charge in [-0.25, -0.2) is 9.78 Å². The predicted molar refractivity (Wildman–Crippen MR) is 89.0 cm³/mol. The molecule has 1 fully saturated rings. The highest BCUT2D eigenvalue weighted by molar-refractivity contribution is 6.01. The van der Waals surface area contributed by atoms with Gasteiger partial charge in [-0.15, -0.1) is 0 Å². The average molecular weight is 295 g/mol. The molecule has 1 aromatic heterocycles. The van der Waals surface area contributed by atoms with E-state index in [-0.39, 0.29) is 12.1 Å². The van der Waals surface area contributed by atoms with E-state index in [0.29, 0.717) is 0 Å². The lowest BCUT2D eigenvalue weighted by atomic mass is 9.94. The molecule has 114 valence electrons. The molecule has 1 aliphatic rings. The summed E-state index contributed by atoms with van der Waals surface area (Å²) in [4.78, 5) is 19.0. The van der Waals surface area contributed by atoms with Gasteiger partial charge in [0.2, 0.25) is 0 Å². The van der Waals surface area contributed by atoms with E-state index in [1.165, 1.54) is 19.3 Å². The number of aromatic nitrogens is 1.